The molecule has 0 aromatic heterocycles. The van der Waals surface area contributed by atoms with E-state index in [1.165, 1.54) is 18.2 Å². The third-order valence-electron chi connectivity index (χ3n) is 2.08. The van der Waals surface area contributed by atoms with Crippen molar-refractivity contribution < 1.29 is 17.9 Å². The van der Waals surface area contributed by atoms with Gasteiger partial charge in [-0.05, 0) is 24.3 Å². The van der Waals surface area contributed by atoms with E-state index in [1.54, 1.807) is 30.3 Å². The smallest absolute Gasteiger partial charge is 0.500 e. The molecule has 0 aliphatic rings. The van der Waals surface area contributed by atoms with Crippen LogP contribution in [0.3, 0.4) is 0 Å². The lowest BCUT2D eigenvalue weighted by atomic mass is 10.2. The fourth-order valence-corrected chi connectivity index (χ4v) is 1.39. The summed E-state index contributed by atoms with van der Waals surface area (Å²) in [7, 11) is -1.16. The summed E-state index contributed by atoms with van der Waals surface area (Å²) in [6, 6.07) is 14.5. The van der Waals surface area contributed by atoms with Crippen LogP contribution < -0.4 is 9.31 Å². The van der Waals surface area contributed by atoms with Crippen LogP contribution in [0.5, 0.6) is 11.5 Å². The highest BCUT2D eigenvalue weighted by atomic mass is 35.5. The van der Waals surface area contributed by atoms with Crippen molar-refractivity contribution in [3.63, 3.8) is 0 Å². The van der Waals surface area contributed by atoms with Crippen LogP contribution in [0.4, 0.5) is 4.39 Å². The molecule has 0 saturated carbocycles. The Morgan fingerprint density at radius 1 is 0.889 bits per heavy atom. The fraction of sp³-hybridized carbons (Fsp3) is 0. The van der Waals surface area contributed by atoms with E-state index in [0.29, 0.717) is 5.75 Å². The second kappa shape index (κ2) is 6.28. The lowest BCUT2D eigenvalue weighted by molar-refractivity contribution is 0.319. The lowest BCUT2D eigenvalue weighted by Gasteiger charge is -2.12. The Morgan fingerprint density at radius 3 is 2.22 bits per heavy atom. The minimum Gasteiger partial charge on any atom is -0.500 e. The third-order valence-corrected chi connectivity index (χ3v) is 2.22. The van der Waals surface area contributed by atoms with Crippen LogP contribution in [-0.2, 0) is 4.21 Å². The van der Waals surface area contributed by atoms with Crippen LogP contribution in [0.1, 0.15) is 0 Å². The zero-order valence-corrected chi connectivity index (χ0v) is 10.0. The molecule has 18 heavy (non-hydrogen) atoms. The molecule has 6 heteroatoms. The molecular weight excluding hydrogens is 257 g/mol. The van der Waals surface area contributed by atoms with E-state index in [0.717, 1.165) is 0 Å². The van der Waals surface area contributed by atoms with Gasteiger partial charge in [0.15, 0.2) is 0 Å². The average Bonchev–Trinajstić information content (AvgIpc) is 2.39. The molecule has 0 saturated heterocycles. The second-order valence-corrected chi connectivity index (χ2v) is 3.56. The quantitative estimate of drug-likeness (QED) is 0.776. The molecule has 0 aliphatic heterocycles. The molecule has 0 fully saturated rings. The van der Waals surface area contributed by atoms with E-state index in [-0.39, 0.29) is 5.75 Å². The first-order valence-corrected chi connectivity index (χ1v) is 5.50. The predicted molar refractivity (Wildman–Crippen MR) is 66.8 cm³/mol. The number of hydrogen-bond donors (Lipinski definition) is 0. The molecule has 0 radical (unpaired) electrons. The molecule has 0 spiro atoms. The Balaban J connectivity index is 2.01. The van der Waals surface area contributed by atoms with E-state index in [4.69, 9.17) is 21.2 Å². The van der Waals surface area contributed by atoms with Crippen molar-refractivity contribution in [2.45, 2.75) is 0 Å². The highest BCUT2D eigenvalue weighted by molar-refractivity contribution is 6.45. The molecule has 92 valence electrons. The molecule has 0 unspecified atom stereocenters. The van der Waals surface area contributed by atoms with Gasteiger partial charge in [-0.1, -0.05) is 24.3 Å². The van der Waals surface area contributed by atoms with Crippen LogP contribution in [0.2, 0.25) is 0 Å². The molecule has 0 atom stereocenters. The van der Waals surface area contributed by atoms with Gasteiger partial charge in [-0.2, -0.15) is 0 Å². The van der Waals surface area contributed by atoms with Gasteiger partial charge in [0.2, 0.25) is 0 Å². The number of halogens is 2. The standard InChI is InChI=1S/C12H9BClFO3/c14-18-13(16-11-6-2-1-3-7-11)17-12-8-4-5-10(15)9-12/h1-9H. The SMILES string of the molecule is Fc1cccc(OB(OCl)Oc2ccccc2)c1. The fourth-order valence-electron chi connectivity index (χ4n) is 1.32. The zero-order chi connectivity index (χ0) is 12.8. The van der Waals surface area contributed by atoms with Crippen LogP contribution >= 0.6 is 11.9 Å². The Hall–Kier alpha value is -1.72. The van der Waals surface area contributed by atoms with Crippen molar-refractivity contribution in [3.05, 3.63) is 60.4 Å². The van der Waals surface area contributed by atoms with E-state index in [1.807, 2.05) is 6.07 Å². The Labute approximate surface area is 109 Å². The van der Waals surface area contributed by atoms with Gasteiger partial charge in [0.05, 0.1) is 11.9 Å². The van der Waals surface area contributed by atoms with Gasteiger partial charge in [0.25, 0.3) is 0 Å². The highest BCUT2D eigenvalue weighted by Gasteiger charge is 2.27. The first-order chi connectivity index (χ1) is 8.78. The maximum atomic E-state index is 13.0. The van der Waals surface area contributed by atoms with Gasteiger partial charge in [-0.25, -0.2) is 4.39 Å². The first kappa shape index (κ1) is 12.7. The van der Waals surface area contributed by atoms with Gasteiger partial charge in [0, 0.05) is 6.07 Å². The molecule has 3 nitrogen and oxygen atoms in total. The highest BCUT2D eigenvalue weighted by Crippen LogP contribution is 2.16. The van der Waals surface area contributed by atoms with Crippen LogP contribution in [0.15, 0.2) is 54.6 Å². The Bertz CT molecular complexity index is 498. The second-order valence-electron chi connectivity index (χ2n) is 3.38. The molecule has 0 heterocycles. The maximum absolute atomic E-state index is 13.0. The van der Waals surface area contributed by atoms with Crippen LogP contribution in [0.25, 0.3) is 0 Å². The summed E-state index contributed by atoms with van der Waals surface area (Å²) in [5, 5.41) is 0. The average molecular weight is 266 g/mol. The summed E-state index contributed by atoms with van der Waals surface area (Å²) in [5.74, 6) is 0.372. The van der Waals surface area contributed by atoms with Crippen molar-refractivity contribution in [1.82, 2.24) is 0 Å². The van der Waals surface area contributed by atoms with Crippen LogP contribution in [-0.4, -0.2) is 7.32 Å². The van der Waals surface area contributed by atoms with E-state index >= 15 is 0 Å². The number of hydrogen-bond acceptors (Lipinski definition) is 3. The Kier molecular flexibility index (Phi) is 4.44. The molecule has 0 aliphatic carbocycles. The van der Waals surface area contributed by atoms with Crippen molar-refractivity contribution >= 4 is 19.2 Å². The molecular formula is C12H9BClFO3. The van der Waals surface area contributed by atoms with Crippen molar-refractivity contribution in [3.8, 4) is 11.5 Å². The largest absolute Gasteiger partial charge is 0.805 e. The normalized spacial score (nSPS) is 9.89. The summed E-state index contributed by atoms with van der Waals surface area (Å²) in [5.41, 5.74) is 0. The zero-order valence-electron chi connectivity index (χ0n) is 9.25. The summed E-state index contributed by atoms with van der Waals surface area (Å²) in [6.45, 7) is 0. The summed E-state index contributed by atoms with van der Waals surface area (Å²) in [4.78, 5) is 0. The molecule has 0 N–H and O–H groups in total. The minimum atomic E-state index is -1.16. The van der Waals surface area contributed by atoms with Gasteiger partial charge in [0.1, 0.15) is 17.3 Å². The molecule has 2 aromatic carbocycles. The van der Waals surface area contributed by atoms with Crippen molar-refractivity contribution in [2.24, 2.45) is 0 Å². The minimum absolute atomic E-state index is 0.261. The van der Waals surface area contributed by atoms with Gasteiger partial charge < -0.3 is 9.31 Å². The van der Waals surface area contributed by atoms with E-state index < -0.39 is 13.1 Å². The van der Waals surface area contributed by atoms with E-state index in [9.17, 15) is 4.39 Å². The Morgan fingerprint density at radius 2 is 1.56 bits per heavy atom. The van der Waals surface area contributed by atoms with Crippen LogP contribution in [0, 0.1) is 5.82 Å². The topological polar surface area (TPSA) is 27.7 Å². The molecule has 0 amide bonds. The van der Waals surface area contributed by atoms with Crippen molar-refractivity contribution in [2.75, 3.05) is 0 Å². The molecule has 0 bridgehead atoms. The summed E-state index contributed by atoms with van der Waals surface area (Å²) in [6.07, 6.45) is 0. The number of benzene rings is 2. The van der Waals surface area contributed by atoms with E-state index in [2.05, 4.69) is 4.21 Å². The monoisotopic (exact) mass is 266 g/mol. The summed E-state index contributed by atoms with van der Waals surface area (Å²) >= 11 is 5.26. The van der Waals surface area contributed by atoms with Gasteiger partial charge in [-0.15, -0.1) is 0 Å². The third kappa shape index (κ3) is 3.65. The lowest BCUT2D eigenvalue weighted by Crippen LogP contribution is -2.30. The van der Waals surface area contributed by atoms with Gasteiger partial charge in [-0.3, -0.25) is 4.21 Å². The number of para-hydroxylation sites is 1. The number of rotatable bonds is 5. The van der Waals surface area contributed by atoms with Gasteiger partial charge >= 0.3 is 7.32 Å². The molecule has 2 aromatic rings. The summed E-state index contributed by atoms with van der Waals surface area (Å²) < 4.78 is 28.0. The van der Waals surface area contributed by atoms with Crippen molar-refractivity contribution in [1.29, 1.82) is 0 Å². The maximum Gasteiger partial charge on any atom is 0.805 e. The molecule has 2 rings (SSSR count). The predicted octanol–water partition coefficient (Wildman–Crippen LogP) is 3.44. The first-order valence-electron chi connectivity index (χ1n) is 5.19.